The van der Waals surface area contributed by atoms with Crippen LogP contribution in [0, 0.1) is 20.8 Å². The highest BCUT2D eigenvalue weighted by Gasteiger charge is 2.03. The van der Waals surface area contributed by atoms with Crippen LogP contribution in [0.4, 0.5) is 5.82 Å². The van der Waals surface area contributed by atoms with Crippen LogP contribution in [0.15, 0.2) is 24.3 Å². The molecule has 1 aromatic carbocycles. The van der Waals surface area contributed by atoms with E-state index in [1.165, 1.54) is 16.7 Å². The van der Waals surface area contributed by atoms with Gasteiger partial charge in [-0.3, -0.25) is 0 Å². The molecule has 3 nitrogen and oxygen atoms in total. The van der Waals surface area contributed by atoms with Gasteiger partial charge in [-0.05, 0) is 26.3 Å². The predicted molar refractivity (Wildman–Crippen MR) is 69.9 cm³/mol. The van der Waals surface area contributed by atoms with Crippen LogP contribution in [0.25, 0.3) is 0 Å². The summed E-state index contributed by atoms with van der Waals surface area (Å²) in [5.74, 6) is 1.32. The summed E-state index contributed by atoms with van der Waals surface area (Å²) in [6.45, 7) is 6.13. The monoisotopic (exact) mass is 227 g/mol. The molecule has 0 saturated carbocycles. The van der Waals surface area contributed by atoms with Crippen LogP contribution in [-0.2, 0) is 6.42 Å². The SMILES string of the molecule is Cc1cc(C)cc(Cc2nc(C)cc(N)n2)c1. The molecule has 0 aliphatic heterocycles. The number of hydrogen-bond donors (Lipinski definition) is 1. The van der Waals surface area contributed by atoms with Gasteiger partial charge in [0.15, 0.2) is 0 Å². The molecule has 3 heteroatoms. The molecule has 1 aromatic heterocycles. The van der Waals surface area contributed by atoms with Crippen molar-refractivity contribution in [1.82, 2.24) is 9.97 Å². The van der Waals surface area contributed by atoms with Crippen molar-refractivity contribution in [3.8, 4) is 0 Å². The van der Waals surface area contributed by atoms with Gasteiger partial charge in [0.25, 0.3) is 0 Å². The summed E-state index contributed by atoms with van der Waals surface area (Å²) < 4.78 is 0. The molecule has 0 aliphatic rings. The zero-order valence-electron chi connectivity index (χ0n) is 10.5. The fraction of sp³-hybridized carbons (Fsp3) is 0.286. The van der Waals surface area contributed by atoms with Crippen molar-refractivity contribution >= 4 is 5.82 Å². The summed E-state index contributed by atoms with van der Waals surface area (Å²) >= 11 is 0. The first-order chi connectivity index (χ1) is 8.02. The molecule has 88 valence electrons. The third-order valence-electron chi connectivity index (χ3n) is 2.56. The van der Waals surface area contributed by atoms with Crippen molar-refractivity contribution in [1.29, 1.82) is 0 Å². The zero-order chi connectivity index (χ0) is 12.4. The van der Waals surface area contributed by atoms with Crippen LogP contribution in [0.3, 0.4) is 0 Å². The number of aromatic nitrogens is 2. The molecule has 1 heterocycles. The lowest BCUT2D eigenvalue weighted by Crippen LogP contribution is -2.02. The van der Waals surface area contributed by atoms with Crippen molar-refractivity contribution in [2.45, 2.75) is 27.2 Å². The molecule has 2 rings (SSSR count). The van der Waals surface area contributed by atoms with Crippen molar-refractivity contribution in [3.05, 3.63) is 52.5 Å². The molecule has 2 aromatic rings. The van der Waals surface area contributed by atoms with Gasteiger partial charge in [0.2, 0.25) is 0 Å². The van der Waals surface area contributed by atoms with E-state index >= 15 is 0 Å². The fourth-order valence-electron chi connectivity index (χ4n) is 2.09. The third kappa shape index (κ3) is 3.03. The lowest BCUT2D eigenvalue weighted by atomic mass is 10.0. The number of rotatable bonds is 2. The number of nitrogens with zero attached hydrogens (tertiary/aromatic N) is 2. The molecule has 0 bridgehead atoms. The number of anilines is 1. The largest absolute Gasteiger partial charge is 0.384 e. The molecule has 17 heavy (non-hydrogen) atoms. The second kappa shape index (κ2) is 4.53. The number of aryl methyl sites for hydroxylation is 3. The average Bonchev–Trinajstić information content (AvgIpc) is 2.13. The standard InChI is InChI=1S/C14H17N3/c1-9-4-10(2)6-12(5-9)8-14-16-11(3)7-13(15)17-14/h4-7H,8H2,1-3H3,(H2,15,16,17). The third-order valence-corrected chi connectivity index (χ3v) is 2.56. The Balaban J connectivity index is 2.31. The molecule has 0 spiro atoms. The highest BCUT2D eigenvalue weighted by atomic mass is 14.9. The van der Waals surface area contributed by atoms with Gasteiger partial charge in [-0.25, -0.2) is 9.97 Å². The number of hydrogen-bond acceptors (Lipinski definition) is 3. The molecule has 0 fully saturated rings. The highest BCUT2D eigenvalue weighted by molar-refractivity contribution is 5.33. The van der Waals surface area contributed by atoms with Gasteiger partial charge in [-0.1, -0.05) is 29.3 Å². The molecule has 2 N–H and O–H groups in total. The zero-order valence-corrected chi connectivity index (χ0v) is 10.5. The van der Waals surface area contributed by atoms with Gasteiger partial charge in [0.1, 0.15) is 11.6 Å². The van der Waals surface area contributed by atoms with E-state index in [1.807, 2.05) is 6.92 Å². The Morgan fingerprint density at radius 2 is 1.59 bits per heavy atom. The van der Waals surface area contributed by atoms with E-state index in [-0.39, 0.29) is 0 Å². The smallest absolute Gasteiger partial charge is 0.135 e. The first kappa shape index (κ1) is 11.6. The Kier molecular flexibility index (Phi) is 3.09. The number of nitrogens with two attached hydrogens (primary N) is 1. The van der Waals surface area contributed by atoms with Crippen LogP contribution in [0.1, 0.15) is 28.2 Å². The van der Waals surface area contributed by atoms with E-state index in [0.717, 1.165) is 17.9 Å². The summed E-state index contributed by atoms with van der Waals surface area (Å²) in [5, 5.41) is 0. The van der Waals surface area contributed by atoms with Crippen LogP contribution in [0.2, 0.25) is 0 Å². The minimum absolute atomic E-state index is 0.539. The summed E-state index contributed by atoms with van der Waals surface area (Å²) in [6.07, 6.45) is 0.731. The average molecular weight is 227 g/mol. The first-order valence-corrected chi connectivity index (χ1v) is 5.70. The Morgan fingerprint density at radius 1 is 0.941 bits per heavy atom. The maximum atomic E-state index is 5.72. The first-order valence-electron chi connectivity index (χ1n) is 5.70. The van der Waals surface area contributed by atoms with Gasteiger partial charge in [0, 0.05) is 18.2 Å². The minimum Gasteiger partial charge on any atom is -0.384 e. The molecule has 0 unspecified atom stereocenters. The van der Waals surface area contributed by atoms with Gasteiger partial charge in [0.05, 0.1) is 0 Å². The maximum absolute atomic E-state index is 5.72. The topological polar surface area (TPSA) is 51.8 Å². The minimum atomic E-state index is 0.539. The Hall–Kier alpha value is -1.90. The van der Waals surface area contributed by atoms with Crippen molar-refractivity contribution in [2.24, 2.45) is 0 Å². The van der Waals surface area contributed by atoms with Crippen LogP contribution >= 0.6 is 0 Å². The van der Waals surface area contributed by atoms with E-state index < -0.39 is 0 Å². The highest BCUT2D eigenvalue weighted by Crippen LogP contribution is 2.13. The Morgan fingerprint density at radius 3 is 2.18 bits per heavy atom. The summed E-state index contributed by atoms with van der Waals surface area (Å²) in [5.41, 5.74) is 10.4. The molecule has 0 radical (unpaired) electrons. The van der Waals surface area contributed by atoms with Crippen LogP contribution < -0.4 is 5.73 Å². The van der Waals surface area contributed by atoms with Crippen molar-refractivity contribution in [3.63, 3.8) is 0 Å². The van der Waals surface area contributed by atoms with Crippen LogP contribution in [0.5, 0.6) is 0 Å². The molecular weight excluding hydrogens is 210 g/mol. The van der Waals surface area contributed by atoms with Gasteiger partial charge < -0.3 is 5.73 Å². The van der Waals surface area contributed by atoms with Gasteiger partial charge >= 0.3 is 0 Å². The molecule has 0 aliphatic carbocycles. The number of benzene rings is 1. The van der Waals surface area contributed by atoms with E-state index in [9.17, 15) is 0 Å². The van der Waals surface area contributed by atoms with E-state index in [4.69, 9.17) is 5.73 Å². The molecule has 0 atom stereocenters. The summed E-state index contributed by atoms with van der Waals surface area (Å²) in [4.78, 5) is 8.65. The number of nitrogen functional groups attached to an aromatic ring is 1. The molecular formula is C14H17N3. The van der Waals surface area contributed by atoms with Crippen LogP contribution in [-0.4, -0.2) is 9.97 Å². The normalized spacial score (nSPS) is 10.5. The second-order valence-corrected chi connectivity index (χ2v) is 4.52. The van der Waals surface area contributed by atoms with E-state index in [2.05, 4.69) is 42.0 Å². The quantitative estimate of drug-likeness (QED) is 0.857. The Bertz CT molecular complexity index is 457. The lowest BCUT2D eigenvalue weighted by molar-refractivity contribution is 0.946. The second-order valence-electron chi connectivity index (χ2n) is 4.52. The summed E-state index contributed by atoms with van der Waals surface area (Å²) in [7, 11) is 0. The van der Waals surface area contributed by atoms with E-state index in [1.54, 1.807) is 6.07 Å². The molecule has 0 saturated heterocycles. The maximum Gasteiger partial charge on any atom is 0.135 e. The molecule has 0 amide bonds. The van der Waals surface area contributed by atoms with Crippen molar-refractivity contribution in [2.75, 3.05) is 5.73 Å². The van der Waals surface area contributed by atoms with Crippen molar-refractivity contribution < 1.29 is 0 Å². The Labute approximate surface area is 102 Å². The predicted octanol–water partition coefficient (Wildman–Crippen LogP) is 2.57. The van der Waals surface area contributed by atoms with Gasteiger partial charge in [-0.15, -0.1) is 0 Å². The van der Waals surface area contributed by atoms with E-state index in [0.29, 0.717) is 5.82 Å². The van der Waals surface area contributed by atoms with Gasteiger partial charge in [-0.2, -0.15) is 0 Å². The lowest BCUT2D eigenvalue weighted by Gasteiger charge is -2.05. The fourth-order valence-corrected chi connectivity index (χ4v) is 2.09. The summed E-state index contributed by atoms with van der Waals surface area (Å²) in [6, 6.07) is 8.27.